The van der Waals surface area contributed by atoms with E-state index in [0.717, 1.165) is 19.3 Å². The Balaban J connectivity index is 1.45. The average molecular weight is 397 g/mol. The van der Waals surface area contributed by atoms with Gasteiger partial charge in [0.05, 0.1) is 15.9 Å². The first-order chi connectivity index (χ1) is 13.2. The zero-order chi connectivity index (χ0) is 19.7. The van der Waals surface area contributed by atoms with Crippen LogP contribution in [0, 0.1) is 6.92 Å². The third kappa shape index (κ3) is 2.41. The molecule has 0 radical (unpaired) electrons. The molecule has 3 saturated carbocycles. The molecule has 0 spiro atoms. The zero-order valence-corrected chi connectivity index (χ0v) is 16.0. The van der Waals surface area contributed by atoms with Gasteiger partial charge in [0.2, 0.25) is 10.0 Å². The Morgan fingerprint density at radius 1 is 0.929 bits per heavy atom. The van der Waals surface area contributed by atoms with Gasteiger partial charge >= 0.3 is 11.1 Å². The van der Waals surface area contributed by atoms with E-state index in [1.165, 1.54) is 11.6 Å². The van der Waals surface area contributed by atoms with Crippen LogP contribution in [-0.4, -0.2) is 23.9 Å². The number of rotatable bonds is 4. The molecule has 0 amide bonds. The minimum absolute atomic E-state index is 0.0902. The van der Waals surface area contributed by atoms with Gasteiger partial charge in [0.15, 0.2) is 0 Å². The molecule has 1 heterocycles. The second kappa shape index (κ2) is 5.42. The molecular formula is C20H19N3O4S. The van der Waals surface area contributed by atoms with E-state index in [1.807, 2.05) is 18.2 Å². The molecule has 0 atom stereocenters. The van der Waals surface area contributed by atoms with Crippen LogP contribution >= 0.6 is 0 Å². The Kier molecular flexibility index (Phi) is 3.37. The van der Waals surface area contributed by atoms with Crippen molar-refractivity contribution in [3.8, 4) is 0 Å². The number of aromatic nitrogens is 2. The fourth-order valence-electron chi connectivity index (χ4n) is 4.88. The largest absolute Gasteiger partial charge is 0.316 e. The molecule has 3 fully saturated rings. The van der Waals surface area contributed by atoms with Gasteiger partial charge in [-0.3, -0.25) is 9.59 Å². The predicted molar refractivity (Wildman–Crippen MR) is 105 cm³/mol. The molecule has 0 aliphatic heterocycles. The average Bonchev–Trinajstić information content (AvgIpc) is 2.58. The van der Waals surface area contributed by atoms with E-state index in [0.29, 0.717) is 11.1 Å². The van der Waals surface area contributed by atoms with Gasteiger partial charge in [-0.1, -0.05) is 30.3 Å². The Bertz CT molecular complexity index is 1320. The number of H-pyrrole nitrogens is 2. The maximum atomic E-state index is 13.0. The molecule has 1 aromatic heterocycles. The molecule has 3 aliphatic carbocycles. The topological polar surface area (TPSA) is 112 Å². The van der Waals surface area contributed by atoms with Gasteiger partial charge in [-0.05, 0) is 49.4 Å². The quantitative estimate of drug-likeness (QED) is 0.582. The van der Waals surface area contributed by atoms with E-state index in [4.69, 9.17) is 0 Å². The molecule has 28 heavy (non-hydrogen) atoms. The lowest BCUT2D eigenvalue weighted by atomic mass is 9.38. The van der Waals surface area contributed by atoms with Crippen LogP contribution in [0.2, 0.25) is 0 Å². The summed E-state index contributed by atoms with van der Waals surface area (Å²) >= 11 is 0. The maximum Gasteiger partial charge on any atom is 0.314 e. The summed E-state index contributed by atoms with van der Waals surface area (Å²) in [5.74, 6) is 0. The number of nitrogens with one attached hydrogen (secondary N) is 3. The van der Waals surface area contributed by atoms with Gasteiger partial charge in [-0.25, -0.2) is 13.1 Å². The smallest absolute Gasteiger partial charge is 0.314 e. The monoisotopic (exact) mass is 397 g/mol. The lowest BCUT2D eigenvalue weighted by Gasteiger charge is -2.70. The number of aromatic amines is 2. The summed E-state index contributed by atoms with van der Waals surface area (Å²) in [4.78, 5) is 28.1. The molecule has 8 heteroatoms. The van der Waals surface area contributed by atoms with Gasteiger partial charge in [0.25, 0.3) is 0 Å². The highest BCUT2D eigenvalue weighted by Crippen LogP contribution is 2.68. The Hall–Kier alpha value is -2.71. The minimum atomic E-state index is -3.76. The van der Waals surface area contributed by atoms with E-state index in [-0.39, 0.29) is 15.8 Å². The summed E-state index contributed by atoms with van der Waals surface area (Å²) < 4.78 is 29.0. The lowest BCUT2D eigenvalue weighted by Crippen LogP contribution is -2.76. The summed E-state index contributed by atoms with van der Waals surface area (Å²) in [6, 6.07) is 13.2. The summed E-state index contributed by atoms with van der Waals surface area (Å²) in [6.45, 7) is 1.67. The number of fused-ring (bicyclic) bond motifs is 1. The van der Waals surface area contributed by atoms with E-state index >= 15 is 0 Å². The molecule has 6 rings (SSSR count). The minimum Gasteiger partial charge on any atom is -0.316 e. The maximum absolute atomic E-state index is 13.0. The van der Waals surface area contributed by atoms with Gasteiger partial charge in [0.1, 0.15) is 0 Å². The van der Waals surface area contributed by atoms with Crippen LogP contribution in [0.25, 0.3) is 11.0 Å². The third-order valence-corrected chi connectivity index (χ3v) is 7.80. The molecular weight excluding hydrogens is 378 g/mol. The van der Waals surface area contributed by atoms with Crippen LogP contribution in [0.15, 0.2) is 56.9 Å². The first-order valence-corrected chi connectivity index (χ1v) is 10.6. The van der Waals surface area contributed by atoms with Crippen molar-refractivity contribution in [2.45, 2.75) is 42.0 Å². The van der Waals surface area contributed by atoms with Crippen LogP contribution in [-0.2, 0) is 15.4 Å². The van der Waals surface area contributed by atoms with Crippen molar-refractivity contribution in [1.82, 2.24) is 14.7 Å². The van der Waals surface area contributed by atoms with Crippen molar-refractivity contribution >= 4 is 21.1 Å². The summed E-state index contributed by atoms with van der Waals surface area (Å²) in [5.41, 5.74) is 0.578. The van der Waals surface area contributed by atoms with E-state index in [1.54, 1.807) is 13.0 Å². The van der Waals surface area contributed by atoms with Crippen molar-refractivity contribution in [2.75, 3.05) is 0 Å². The normalized spacial score (nSPS) is 25.9. The van der Waals surface area contributed by atoms with E-state index < -0.39 is 26.7 Å². The van der Waals surface area contributed by atoms with Crippen molar-refractivity contribution in [3.63, 3.8) is 0 Å². The molecule has 2 bridgehead atoms. The molecule has 144 valence electrons. The Labute approximate surface area is 160 Å². The third-order valence-electron chi connectivity index (χ3n) is 6.07. The molecule has 3 aromatic rings. The van der Waals surface area contributed by atoms with Crippen LogP contribution in [0.1, 0.15) is 30.4 Å². The molecule has 7 nitrogen and oxygen atoms in total. The first-order valence-electron chi connectivity index (χ1n) is 9.09. The number of benzene rings is 2. The lowest BCUT2D eigenvalue weighted by molar-refractivity contribution is -0.0719. The summed E-state index contributed by atoms with van der Waals surface area (Å²) in [5, 5.41) is 0. The summed E-state index contributed by atoms with van der Waals surface area (Å²) in [6.07, 6.45) is 2.38. The number of hydrogen-bond acceptors (Lipinski definition) is 4. The number of hydrogen-bond donors (Lipinski definition) is 3. The van der Waals surface area contributed by atoms with Crippen molar-refractivity contribution in [3.05, 3.63) is 74.3 Å². The van der Waals surface area contributed by atoms with Crippen molar-refractivity contribution < 1.29 is 8.42 Å². The van der Waals surface area contributed by atoms with Crippen molar-refractivity contribution in [2.24, 2.45) is 0 Å². The predicted octanol–water partition coefficient (Wildman–Crippen LogP) is 1.68. The van der Waals surface area contributed by atoms with Crippen molar-refractivity contribution in [1.29, 1.82) is 0 Å². The second-order valence-electron chi connectivity index (χ2n) is 8.13. The first kappa shape index (κ1) is 17.4. The number of aryl methyl sites for hydroxylation is 1. The molecule has 3 aliphatic rings. The molecule has 3 N–H and O–H groups in total. The zero-order valence-electron chi connectivity index (χ0n) is 15.2. The highest BCUT2D eigenvalue weighted by Gasteiger charge is 2.69. The van der Waals surface area contributed by atoms with E-state index in [2.05, 4.69) is 26.8 Å². The fourth-order valence-corrected chi connectivity index (χ4v) is 6.53. The van der Waals surface area contributed by atoms with Crippen LogP contribution in [0.4, 0.5) is 0 Å². The molecule has 2 aromatic carbocycles. The van der Waals surface area contributed by atoms with Crippen LogP contribution in [0.3, 0.4) is 0 Å². The van der Waals surface area contributed by atoms with Crippen LogP contribution in [0.5, 0.6) is 0 Å². The van der Waals surface area contributed by atoms with Gasteiger partial charge < -0.3 is 9.97 Å². The van der Waals surface area contributed by atoms with Gasteiger partial charge in [0, 0.05) is 11.0 Å². The molecule has 0 unspecified atom stereocenters. The number of sulfonamides is 1. The summed E-state index contributed by atoms with van der Waals surface area (Å²) in [7, 11) is -3.76. The van der Waals surface area contributed by atoms with Gasteiger partial charge in [-0.15, -0.1) is 0 Å². The Morgan fingerprint density at radius 2 is 1.50 bits per heavy atom. The Morgan fingerprint density at radius 3 is 2.11 bits per heavy atom. The molecule has 0 saturated heterocycles. The fraction of sp³-hybridized carbons (Fsp3) is 0.300. The van der Waals surface area contributed by atoms with Crippen LogP contribution < -0.4 is 15.8 Å². The SMILES string of the molecule is Cc1cc2[nH]c(=O)c(=O)[nH]c2cc1S(=O)(=O)NC12CC(c3ccccc3)(C1)C2. The van der Waals surface area contributed by atoms with Gasteiger partial charge in [-0.2, -0.15) is 0 Å². The standard InChI is InChI=1S/C20H19N3O4S/c1-12-7-14-15(22-18(25)17(24)21-14)8-16(12)28(26,27)23-20-9-19(10-20,11-20)13-5-3-2-4-6-13/h2-8,23H,9-11H2,1H3,(H,21,24)(H,22,25). The second-order valence-corrected chi connectivity index (χ2v) is 9.78. The van der Waals surface area contributed by atoms with E-state index in [9.17, 15) is 18.0 Å². The highest BCUT2D eigenvalue weighted by molar-refractivity contribution is 7.89. The highest BCUT2D eigenvalue weighted by atomic mass is 32.2.